The van der Waals surface area contributed by atoms with Gasteiger partial charge in [-0.25, -0.2) is 8.78 Å². The lowest BCUT2D eigenvalue weighted by Gasteiger charge is -2.25. The number of carbonyl (C=O) groups excluding carboxylic acids is 1. The van der Waals surface area contributed by atoms with E-state index in [9.17, 15) is 18.7 Å². The van der Waals surface area contributed by atoms with Crippen LogP contribution in [-0.4, -0.2) is 30.3 Å². The molecule has 0 saturated carbocycles. The third kappa shape index (κ3) is 4.21. The van der Waals surface area contributed by atoms with Crippen LogP contribution in [0.3, 0.4) is 0 Å². The first-order valence-electron chi connectivity index (χ1n) is 8.13. The van der Waals surface area contributed by atoms with Gasteiger partial charge in [-0.05, 0) is 29.2 Å². The smallest absolute Gasteiger partial charge is 0.253 e. The molecule has 6 heteroatoms. The highest BCUT2D eigenvalue weighted by Crippen LogP contribution is 2.26. The lowest BCUT2D eigenvalue weighted by Crippen LogP contribution is -2.38. The van der Waals surface area contributed by atoms with E-state index in [1.54, 1.807) is 0 Å². The molecule has 0 fully saturated rings. The number of rotatable bonds is 5. The minimum atomic E-state index is -0.984. The normalized spacial score (nSPS) is 17.6. The van der Waals surface area contributed by atoms with Crippen molar-refractivity contribution in [3.63, 3.8) is 0 Å². The van der Waals surface area contributed by atoms with Crippen LogP contribution in [0, 0.1) is 11.6 Å². The average Bonchev–Trinajstić information content (AvgIpc) is 2.61. The molecule has 0 saturated heterocycles. The second kappa shape index (κ2) is 7.72. The summed E-state index contributed by atoms with van der Waals surface area (Å²) >= 11 is 0. The van der Waals surface area contributed by atoms with Crippen molar-refractivity contribution in [2.45, 2.75) is 25.0 Å². The third-order valence-corrected chi connectivity index (χ3v) is 4.21. The summed E-state index contributed by atoms with van der Waals surface area (Å²) in [6.07, 6.45) is -0.955. The maximum absolute atomic E-state index is 13.6. The highest BCUT2D eigenvalue weighted by molar-refractivity contribution is 5.82. The Morgan fingerprint density at radius 3 is 2.88 bits per heavy atom. The van der Waals surface area contributed by atoms with Crippen molar-refractivity contribution in [1.82, 2.24) is 5.32 Å². The minimum Gasteiger partial charge on any atom is -0.391 e. The molecule has 1 heterocycles. The van der Waals surface area contributed by atoms with Crippen LogP contribution in [0.15, 0.2) is 42.5 Å². The highest BCUT2D eigenvalue weighted by atomic mass is 19.1. The summed E-state index contributed by atoms with van der Waals surface area (Å²) in [4.78, 5) is 12.4. The first kappa shape index (κ1) is 17.5. The zero-order valence-corrected chi connectivity index (χ0v) is 13.5. The van der Waals surface area contributed by atoms with Crippen molar-refractivity contribution >= 4 is 5.91 Å². The molecule has 0 aliphatic carbocycles. The Morgan fingerprint density at radius 1 is 1.28 bits per heavy atom. The number of carbonyl (C=O) groups is 1. The van der Waals surface area contributed by atoms with Crippen LogP contribution in [0.25, 0.3) is 0 Å². The molecule has 0 bridgehead atoms. The fourth-order valence-corrected chi connectivity index (χ4v) is 2.94. The topological polar surface area (TPSA) is 58.6 Å². The first-order chi connectivity index (χ1) is 12.0. The summed E-state index contributed by atoms with van der Waals surface area (Å²) in [6, 6.07) is 10.8. The predicted octanol–water partition coefficient (Wildman–Crippen LogP) is 2.30. The summed E-state index contributed by atoms with van der Waals surface area (Å²) in [7, 11) is 0. The Balaban J connectivity index is 1.57. The quantitative estimate of drug-likeness (QED) is 0.873. The van der Waals surface area contributed by atoms with Gasteiger partial charge in [0.1, 0.15) is 11.6 Å². The number of fused-ring (bicyclic) bond motifs is 1. The van der Waals surface area contributed by atoms with Crippen LogP contribution in [-0.2, 0) is 22.4 Å². The van der Waals surface area contributed by atoms with E-state index in [1.807, 2.05) is 24.3 Å². The average molecular weight is 347 g/mol. The van der Waals surface area contributed by atoms with Crippen LogP contribution in [0.5, 0.6) is 0 Å². The van der Waals surface area contributed by atoms with E-state index < -0.39 is 23.8 Å². The molecular weight excluding hydrogens is 328 g/mol. The monoisotopic (exact) mass is 347 g/mol. The number of aliphatic hydroxyl groups excluding tert-OH is 1. The van der Waals surface area contributed by atoms with Gasteiger partial charge in [0, 0.05) is 19.0 Å². The zero-order valence-electron chi connectivity index (χ0n) is 13.5. The molecule has 25 heavy (non-hydrogen) atoms. The lowest BCUT2D eigenvalue weighted by atomic mass is 9.97. The predicted molar refractivity (Wildman–Crippen MR) is 87.9 cm³/mol. The van der Waals surface area contributed by atoms with Gasteiger partial charge < -0.3 is 15.2 Å². The molecule has 132 valence electrons. The van der Waals surface area contributed by atoms with Crippen LogP contribution in [0.2, 0.25) is 0 Å². The SMILES string of the molecule is O=C(NC[C@H](O)Cc1ccc(F)cc1F)[C@@H]1OCCc2ccccc21. The van der Waals surface area contributed by atoms with Crippen molar-refractivity contribution in [2.24, 2.45) is 0 Å². The largest absolute Gasteiger partial charge is 0.391 e. The lowest BCUT2D eigenvalue weighted by molar-refractivity contribution is -0.134. The molecule has 0 aromatic heterocycles. The molecule has 2 N–H and O–H groups in total. The second-order valence-corrected chi connectivity index (χ2v) is 6.04. The number of hydrogen-bond donors (Lipinski definition) is 2. The molecule has 2 aromatic rings. The van der Waals surface area contributed by atoms with Gasteiger partial charge in [0.05, 0.1) is 12.7 Å². The standard InChI is InChI=1S/C19H19F2NO3/c20-14-6-5-13(17(21)10-14)9-15(23)11-22-19(24)18-16-4-2-1-3-12(16)7-8-25-18/h1-6,10,15,18,23H,7-9,11H2,(H,22,24)/t15-,18-/m1/s1. The summed E-state index contributed by atoms with van der Waals surface area (Å²) in [5, 5.41) is 12.7. The van der Waals surface area contributed by atoms with E-state index in [1.165, 1.54) is 6.07 Å². The van der Waals surface area contributed by atoms with E-state index in [0.717, 1.165) is 29.7 Å². The van der Waals surface area contributed by atoms with E-state index in [4.69, 9.17) is 4.74 Å². The van der Waals surface area contributed by atoms with Gasteiger partial charge in [-0.15, -0.1) is 0 Å². The van der Waals surface area contributed by atoms with Crippen molar-refractivity contribution in [2.75, 3.05) is 13.2 Å². The number of amides is 1. The molecular formula is C19H19F2NO3. The van der Waals surface area contributed by atoms with Gasteiger partial charge in [-0.1, -0.05) is 30.3 Å². The van der Waals surface area contributed by atoms with E-state index in [-0.39, 0.29) is 24.4 Å². The van der Waals surface area contributed by atoms with Crippen LogP contribution < -0.4 is 5.32 Å². The zero-order chi connectivity index (χ0) is 17.8. The number of aliphatic hydroxyl groups is 1. The fraction of sp³-hybridized carbons (Fsp3) is 0.316. The maximum atomic E-state index is 13.6. The van der Waals surface area contributed by atoms with Gasteiger partial charge in [-0.2, -0.15) is 0 Å². The Hall–Kier alpha value is -2.31. The van der Waals surface area contributed by atoms with Gasteiger partial charge in [0.15, 0.2) is 6.10 Å². The molecule has 2 aromatic carbocycles. The van der Waals surface area contributed by atoms with E-state index in [2.05, 4.69) is 5.32 Å². The first-order valence-corrected chi connectivity index (χ1v) is 8.13. The van der Waals surface area contributed by atoms with Gasteiger partial charge in [0.25, 0.3) is 5.91 Å². The van der Waals surface area contributed by atoms with Gasteiger partial charge in [-0.3, -0.25) is 4.79 Å². The molecule has 1 amide bonds. The summed E-state index contributed by atoms with van der Waals surface area (Å²) in [5.74, 6) is -1.72. The Bertz CT molecular complexity index is 766. The van der Waals surface area contributed by atoms with Crippen molar-refractivity contribution < 1.29 is 23.4 Å². The molecule has 2 atom stereocenters. The Kier molecular flexibility index (Phi) is 5.40. The molecule has 3 rings (SSSR count). The molecule has 1 aliphatic rings. The minimum absolute atomic E-state index is 0.0193. The third-order valence-electron chi connectivity index (χ3n) is 4.21. The molecule has 0 unspecified atom stereocenters. The van der Waals surface area contributed by atoms with Crippen molar-refractivity contribution in [1.29, 1.82) is 0 Å². The van der Waals surface area contributed by atoms with Crippen LogP contribution in [0.1, 0.15) is 22.8 Å². The summed E-state index contributed by atoms with van der Waals surface area (Å²) < 4.78 is 32.1. The Morgan fingerprint density at radius 2 is 2.08 bits per heavy atom. The summed E-state index contributed by atoms with van der Waals surface area (Å²) in [6.45, 7) is 0.413. The number of ether oxygens (including phenoxy) is 1. The van der Waals surface area contributed by atoms with E-state index in [0.29, 0.717) is 6.61 Å². The number of halogens is 2. The molecule has 4 nitrogen and oxygen atoms in total. The Labute approximate surface area is 144 Å². The van der Waals surface area contributed by atoms with Crippen molar-refractivity contribution in [3.8, 4) is 0 Å². The van der Waals surface area contributed by atoms with Crippen LogP contribution in [0.4, 0.5) is 8.78 Å². The molecule has 1 aliphatic heterocycles. The molecule has 0 radical (unpaired) electrons. The number of benzene rings is 2. The highest BCUT2D eigenvalue weighted by Gasteiger charge is 2.27. The second-order valence-electron chi connectivity index (χ2n) is 6.04. The fourth-order valence-electron chi connectivity index (χ4n) is 2.94. The maximum Gasteiger partial charge on any atom is 0.253 e. The van der Waals surface area contributed by atoms with Gasteiger partial charge >= 0.3 is 0 Å². The summed E-state index contributed by atoms with van der Waals surface area (Å²) in [5.41, 5.74) is 2.09. The number of hydrogen-bond acceptors (Lipinski definition) is 3. The molecule has 0 spiro atoms. The van der Waals surface area contributed by atoms with Crippen molar-refractivity contribution in [3.05, 3.63) is 70.8 Å². The van der Waals surface area contributed by atoms with Crippen LogP contribution >= 0.6 is 0 Å². The number of nitrogens with one attached hydrogen (secondary N) is 1. The van der Waals surface area contributed by atoms with Gasteiger partial charge in [0.2, 0.25) is 0 Å². The van der Waals surface area contributed by atoms with E-state index >= 15 is 0 Å².